The molecular weight excluding hydrogens is 184 g/mol. The minimum absolute atomic E-state index is 0.460. The van der Waals surface area contributed by atoms with Crippen LogP contribution in [0.4, 0.5) is 5.69 Å². The first-order valence-corrected chi connectivity index (χ1v) is 5.30. The molecule has 78 valence electrons. The van der Waals surface area contributed by atoms with Crippen molar-refractivity contribution >= 4 is 16.6 Å². The van der Waals surface area contributed by atoms with Crippen LogP contribution in [0.3, 0.4) is 0 Å². The standard InChI is InChI=1S/C13H16N2/c1-9(2)12-8-13(14-3)10-6-4-5-7-11(10)15-12/h4-9H,1-3H3,(H,14,15). The molecule has 2 aromatic rings. The monoisotopic (exact) mass is 200 g/mol. The Bertz CT molecular complexity index is 475. The van der Waals surface area contributed by atoms with Crippen LogP contribution in [-0.4, -0.2) is 12.0 Å². The Hall–Kier alpha value is -1.57. The van der Waals surface area contributed by atoms with Gasteiger partial charge in [0, 0.05) is 23.8 Å². The zero-order chi connectivity index (χ0) is 10.8. The number of pyridine rings is 1. The van der Waals surface area contributed by atoms with Gasteiger partial charge in [0.1, 0.15) is 0 Å². The Kier molecular flexibility index (Phi) is 2.58. The topological polar surface area (TPSA) is 24.9 Å². The molecule has 1 aromatic heterocycles. The average molecular weight is 200 g/mol. The quantitative estimate of drug-likeness (QED) is 0.803. The van der Waals surface area contributed by atoms with Crippen molar-refractivity contribution in [2.75, 3.05) is 12.4 Å². The molecule has 0 atom stereocenters. The minimum Gasteiger partial charge on any atom is -0.388 e. The van der Waals surface area contributed by atoms with Gasteiger partial charge in [0.15, 0.2) is 0 Å². The van der Waals surface area contributed by atoms with E-state index in [-0.39, 0.29) is 0 Å². The van der Waals surface area contributed by atoms with Gasteiger partial charge in [-0.3, -0.25) is 4.98 Å². The van der Waals surface area contributed by atoms with E-state index >= 15 is 0 Å². The summed E-state index contributed by atoms with van der Waals surface area (Å²) in [4.78, 5) is 4.64. The van der Waals surface area contributed by atoms with E-state index in [4.69, 9.17) is 0 Å². The number of hydrogen-bond donors (Lipinski definition) is 1. The van der Waals surface area contributed by atoms with Crippen LogP contribution in [0.1, 0.15) is 25.5 Å². The van der Waals surface area contributed by atoms with Crippen molar-refractivity contribution in [3.8, 4) is 0 Å². The maximum Gasteiger partial charge on any atom is 0.0726 e. The van der Waals surface area contributed by atoms with Gasteiger partial charge in [0.2, 0.25) is 0 Å². The fourth-order valence-corrected chi connectivity index (χ4v) is 1.70. The lowest BCUT2D eigenvalue weighted by Gasteiger charge is -2.10. The van der Waals surface area contributed by atoms with Crippen molar-refractivity contribution in [3.05, 3.63) is 36.0 Å². The van der Waals surface area contributed by atoms with Crippen molar-refractivity contribution in [2.45, 2.75) is 19.8 Å². The Morgan fingerprint density at radius 2 is 1.93 bits per heavy atom. The Balaban J connectivity index is 2.71. The molecule has 0 amide bonds. The Morgan fingerprint density at radius 1 is 1.20 bits per heavy atom. The highest BCUT2D eigenvalue weighted by atomic mass is 14.8. The summed E-state index contributed by atoms with van der Waals surface area (Å²) in [6.07, 6.45) is 0. The van der Waals surface area contributed by atoms with Gasteiger partial charge >= 0.3 is 0 Å². The highest BCUT2D eigenvalue weighted by Crippen LogP contribution is 2.25. The summed E-state index contributed by atoms with van der Waals surface area (Å²) in [7, 11) is 1.95. The second-order valence-corrected chi connectivity index (χ2v) is 4.02. The zero-order valence-corrected chi connectivity index (χ0v) is 9.41. The lowest BCUT2D eigenvalue weighted by Crippen LogP contribution is -1.97. The molecule has 0 saturated heterocycles. The number of nitrogens with zero attached hydrogens (tertiary/aromatic N) is 1. The number of benzene rings is 1. The minimum atomic E-state index is 0.460. The number of aromatic nitrogens is 1. The molecule has 0 aliphatic heterocycles. The maximum absolute atomic E-state index is 4.64. The van der Waals surface area contributed by atoms with Gasteiger partial charge in [0.05, 0.1) is 5.52 Å². The van der Waals surface area contributed by atoms with Crippen molar-refractivity contribution in [1.82, 2.24) is 4.98 Å². The van der Waals surface area contributed by atoms with E-state index in [1.54, 1.807) is 0 Å². The molecule has 0 spiro atoms. The molecule has 15 heavy (non-hydrogen) atoms. The summed E-state index contributed by atoms with van der Waals surface area (Å²) in [6.45, 7) is 4.33. The van der Waals surface area contributed by atoms with Crippen LogP contribution in [0.5, 0.6) is 0 Å². The maximum atomic E-state index is 4.64. The summed E-state index contributed by atoms with van der Waals surface area (Å²) in [5.41, 5.74) is 3.36. The number of nitrogens with one attached hydrogen (secondary N) is 1. The van der Waals surface area contributed by atoms with Crippen LogP contribution >= 0.6 is 0 Å². The van der Waals surface area contributed by atoms with Crippen LogP contribution < -0.4 is 5.32 Å². The summed E-state index contributed by atoms with van der Waals surface area (Å²) in [5.74, 6) is 0.460. The number of para-hydroxylation sites is 1. The molecule has 0 radical (unpaired) electrons. The summed E-state index contributed by atoms with van der Waals surface area (Å²) < 4.78 is 0. The van der Waals surface area contributed by atoms with E-state index in [0.29, 0.717) is 5.92 Å². The van der Waals surface area contributed by atoms with E-state index in [9.17, 15) is 0 Å². The first kappa shape index (κ1) is 9.97. The summed E-state index contributed by atoms with van der Waals surface area (Å²) in [5, 5.41) is 4.41. The van der Waals surface area contributed by atoms with Crippen molar-refractivity contribution in [1.29, 1.82) is 0 Å². The second-order valence-electron chi connectivity index (χ2n) is 4.02. The second kappa shape index (κ2) is 3.89. The van der Waals surface area contributed by atoms with E-state index < -0.39 is 0 Å². The normalized spacial score (nSPS) is 10.9. The Morgan fingerprint density at radius 3 is 2.60 bits per heavy atom. The predicted molar refractivity (Wildman–Crippen MR) is 65.4 cm³/mol. The van der Waals surface area contributed by atoms with E-state index in [1.807, 2.05) is 19.2 Å². The average Bonchev–Trinajstić information content (AvgIpc) is 2.27. The lowest BCUT2D eigenvalue weighted by atomic mass is 10.1. The first-order chi connectivity index (χ1) is 7.22. The molecule has 1 N–H and O–H groups in total. The number of hydrogen-bond acceptors (Lipinski definition) is 2. The van der Waals surface area contributed by atoms with Gasteiger partial charge in [-0.15, -0.1) is 0 Å². The molecule has 0 unspecified atom stereocenters. The largest absolute Gasteiger partial charge is 0.388 e. The predicted octanol–water partition coefficient (Wildman–Crippen LogP) is 3.40. The third kappa shape index (κ3) is 1.80. The number of fused-ring (bicyclic) bond motifs is 1. The molecule has 0 bridgehead atoms. The van der Waals surface area contributed by atoms with Crippen LogP contribution in [0.2, 0.25) is 0 Å². The third-order valence-corrected chi connectivity index (χ3v) is 2.60. The molecular formula is C13H16N2. The van der Waals surface area contributed by atoms with Crippen LogP contribution in [0.25, 0.3) is 10.9 Å². The fraction of sp³-hybridized carbons (Fsp3) is 0.308. The Labute approximate surface area is 90.3 Å². The zero-order valence-electron chi connectivity index (χ0n) is 9.41. The van der Waals surface area contributed by atoms with Gasteiger partial charge in [-0.1, -0.05) is 32.0 Å². The van der Waals surface area contributed by atoms with Crippen LogP contribution in [-0.2, 0) is 0 Å². The molecule has 1 aromatic carbocycles. The SMILES string of the molecule is CNc1cc(C(C)C)nc2ccccc12. The van der Waals surface area contributed by atoms with E-state index in [1.165, 1.54) is 5.39 Å². The molecule has 0 fully saturated rings. The highest BCUT2D eigenvalue weighted by molar-refractivity contribution is 5.91. The van der Waals surface area contributed by atoms with Gasteiger partial charge in [0.25, 0.3) is 0 Å². The molecule has 0 aliphatic rings. The van der Waals surface area contributed by atoms with Gasteiger partial charge < -0.3 is 5.32 Å². The molecule has 1 heterocycles. The third-order valence-electron chi connectivity index (χ3n) is 2.60. The highest BCUT2D eigenvalue weighted by Gasteiger charge is 2.06. The summed E-state index contributed by atoms with van der Waals surface area (Å²) in [6, 6.07) is 10.4. The van der Waals surface area contributed by atoms with Crippen LogP contribution in [0, 0.1) is 0 Å². The lowest BCUT2D eigenvalue weighted by molar-refractivity contribution is 0.830. The van der Waals surface area contributed by atoms with E-state index in [2.05, 4.69) is 42.3 Å². The van der Waals surface area contributed by atoms with Crippen molar-refractivity contribution in [3.63, 3.8) is 0 Å². The first-order valence-electron chi connectivity index (χ1n) is 5.30. The fourth-order valence-electron chi connectivity index (χ4n) is 1.70. The number of rotatable bonds is 2. The molecule has 2 heteroatoms. The van der Waals surface area contributed by atoms with Crippen molar-refractivity contribution < 1.29 is 0 Å². The van der Waals surface area contributed by atoms with Gasteiger partial charge in [-0.25, -0.2) is 0 Å². The van der Waals surface area contributed by atoms with Crippen molar-refractivity contribution in [2.24, 2.45) is 0 Å². The summed E-state index contributed by atoms with van der Waals surface area (Å²) >= 11 is 0. The van der Waals surface area contributed by atoms with Gasteiger partial charge in [-0.05, 0) is 18.1 Å². The molecule has 0 aliphatic carbocycles. The van der Waals surface area contributed by atoms with E-state index in [0.717, 1.165) is 16.9 Å². The number of anilines is 1. The van der Waals surface area contributed by atoms with Crippen LogP contribution in [0.15, 0.2) is 30.3 Å². The van der Waals surface area contributed by atoms with Gasteiger partial charge in [-0.2, -0.15) is 0 Å². The molecule has 2 rings (SSSR count). The smallest absolute Gasteiger partial charge is 0.0726 e. The molecule has 0 saturated carbocycles. The molecule has 2 nitrogen and oxygen atoms in total.